The number of likely N-dealkylation sites (tertiary alicyclic amines) is 1. The van der Waals surface area contributed by atoms with E-state index in [4.69, 9.17) is 0 Å². The van der Waals surface area contributed by atoms with Gasteiger partial charge in [0.05, 0.1) is 12.1 Å². The van der Waals surface area contributed by atoms with Gasteiger partial charge in [0.25, 0.3) is 0 Å². The summed E-state index contributed by atoms with van der Waals surface area (Å²) in [6.07, 6.45) is -12.1. The second-order valence-electron chi connectivity index (χ2n) is 5.36. The molecule has 1 aliphatic heterocycles. The highest BCUT2D eigenvalue weighted by molar-refractivity contribution is 5.72. The summed E-state index contributed by atoms with van der Waals surface area (Å²) in [6, 6.07) is -1.26. The first kappa shape index (κ1) is 16.0. The number of nitrogens with zero attached hydrogens (tertiary/aromatic N) is 1. The van der Waals surface area contributed by atoms with Crippen molar-refractivity contribution < 1.29 is 35.9 Å². The van der Waals surface area contributed by atoms with Crippen LogP contribution in [0.15, 0.2) is 12.2 Å². The molecule has 2 rings (SSSR count). The van der Waals surface area contributed by atoms with Gasteiger partial charge in [0.2, 0.25) is 5.54 Å². The summed E-state index contributed by atoms with van der Waals surface area (Å²) in [5.41, 5.74) is -4.22. The molecule has 0 radical (unpaired) electrons. The zero-order valence-corrected chi connectivity index (χ0v) is 11.1. The van der Waals surface area contributed by atoms with Gasteiger partial charge >= 0.3 is 18.4 Å². The first-order chi connectivity index (χ1) is 9.43. The number of carbonyl (C=O) groups is 1. The van der Waals surface area contributed by atoms with E-state index in [1.54, 1.807) is 0 Å². The molecule has 0 aromatic rings. The molecule has 2 bridgehead atoms. The lowest BCUT2D eigenvalue weighted by atomic mass is 9.83. The van der Waals surface area contributed by atoms with Gasteiger partial charge in [-0.2, -0.15) is 26.3 Å². The normalized spacial score (nSPS) is 27.6. The monoisotopic (exact) mass is 317 g/mol. The molecule has 1 heterocycles. The molecule has 9 heteroatoms. The molecule has 1 fully saturated rings. The number of carbonyl (C=O) groups excluding carboxylic acids is 1. The van der Waals surface area contributed by atoms with E-state index >= 15 is 0 Å². The number of halogens is 6. The molecule has 1 amide bonds. The molecule has 21 heavy (non-hydrogen) atoms. The first-order valence-electron chi connectivity index (χ1n) is 6.24. The molecule has 0 N–H and O–H groups in total. The van der Waals surface area contributed by atoms with E-state index in [-0.39, 0.29) is 4.90 Å². The van der Waals surface area contributed by atoms with Crippen LogP contribution in [0.3, 0.4) is 0 Å². The van der Waals surface area contributed by atoms with Crippen LogP contribution in [0.4, 0.5) is 31.1 Å². The zero-order valence-electron chi connectivity index (χ0n) is 11.1. The van der Waals surface area contributed by atoms with E-state index in [0.29, 0.717) is 0 Å². The van der Waals surface area contributed by atoms with Crippen LogP contribution in [0.1, 0.15) is 20.3 Å². The molecule has 0 spiro atoms. The molecule has 1 saturated heterocycles. The lowest BCUT2D eigenvalue weighted by molar-refractivity contribution is -0.338. The Hall–Kier alpha value is -1.41. The highest BCUT2D eigenvalue weighted by Crippen LogP contribution is 2.60. The van der Waals surface area contributed by atoms with Crippen LogP contribution in [0.25, 0.3) is 0 Å². The molecule has 0 aromatic carbocycles. The predicted octanol–water partition coefficient (Wildman–Crippen LogP) is 3.66. The topological polar surface area (TPSA) is 29.5 Å². The predicted molar refractivity (Wildman–Crippen MR) is 59.3 cm³/mol. The molecule has 0 aromatic heterocycles. The molecule has 2 aliphatic rings. The van der Waals surface area contributed by atoms with Gasteiger partial charge in [-0.15, -0.1) is 0 Å². The van der Waals surface area contributed by atoms with Crippen LogP contribution in [-0.4, -0.2) is 41.0 Å². The van der Waals surface area contributed by atoms with E-state index in [1.165, 1.54) is 19.9 Å². The fourth-order valence-corrected chi connectivity index (χ4v) is 3.01. The van der Waals surface area contributed by atoms with Crippen molar-refractivity contribution in [2.24, 2.45) is 5.92 Å². The van der Waals surface area contributed by atoms with Crippen molar-refractivity contribution in [3.63, 3.8) is 0 Å². The van der Waals surface area contributed by atoms with E-state index in [0.717, 1.165) is 6.08 Å². The van der Waals surface area contributed by atoms with Gasteiger partial charge in [-0.25, -0.2) is 4.79 Å². The summed E-state index contributed by atoms with van der Waals surface area (Å²) < 4.78 is 84.5. The largest absolute Gasteiger partial charge is 0.447 e. The number of ether oxygens (including phenoxy) is 1. The molecular weight excluding hydrogens is 304 g/mol. The minimum Gasteiger partial charge on any atom is -0.447 e. The van der Waals surface area contributed by atoms with Gasteiger partial charge in [-0.3, -0.25) is 4.90 Å². The second-order valence-corrected chi connectivity index (χ2v) is 5.36. The number of hydrogen-bond donors (Lipinski definition) is 0. The third-order valence-corrected chi connectivity index (χ3v) is 3.71. The smallest absolute Gasteiger partial charge is 0.421 e. The van der Waals surface area contributed by atoms with Crippen molar-refractivity contribution in [1.29, 1.82) is 0 Å². The zero-order chi connectivity index (χ0) is 16.2. The highest BCUT2D eigenvalue weighted by atomic mass is 19.4. The average molecular weight is 317 g/mol. The Balaban J connectivity index is 2.56. The van der Waals surface area contributed by atoms with E-state index in [9.17, 15) is 31.1 Å². The van der Waals surface area contributed by atoms with E-state index in [1.807, 2.05) is 0 Å². The van der Waals surface area contributed by atoms with E-state index < -0.39 is 48.5 Å². The maximum absolute atomic E-state index is 13.3. The standard InChI is InChI=1S/C12H13F6NO2/c1-6(2)21-9(20)19-8-4-3-7(5-8)10(19,11(13,14)15)12(16,17)18/h3-4,6-8H,5H2,1-2H3/t7-,8+/m0/s1. The van der Waals surface area contributed by atoms with Crippen molar-refractivity contribution in [3.05, 3.63) is 12.2 Å². The van der Waals surface area contributed by atoms with Crippen LogP contribution >= 0.6 is 0 Å². The van der Waals surface area contributed by atoms with Crippen LogP contribution in [0.5, 0.6) is 0 Å². The third kappa shape index (κ3) is 2.08. The SMILES string of the molecule is CC(C)OC(=O)N1[C@@H]2C=C[C@@H](C2)C1(C(F)(F)F)C(F)(F)F. The van der Waals surface area contributed by atoms with Crippen LogP contribution in [-0.2, 0) is 4.74 Å². The fraction of sp³-hybridized carbons (Fsp3) is 0.750. The summed E-state index contributed by atoms with van der Waals surface area (Å²) in [7, 11) is 0. The summed E-state index contributed by atoms with van der Waals surface area (Å²) in [5.74, 6) is -1.85. The van der Waals surface area contributed by atoms with Crippen molar-refractivity contribution in [2.45, 2.75) is 50.3 Å². The molecule has 0 saturated carbocycles. The molecule has 0 unspecified atom stereocenters. The van der Waals surface area contributed by atoms with Gasteiger partial charge in [-0.05, 0) is 20.3 Å². The van der Waals surface area contributed by atoms with Crippen molar-refractivity contribution in [2.75, 3.05) is 0 Å². The van der Waals surface area contributed by atoms with Gasteiger partial charge in [0, 0.05) is 5.92 Å². The van der Waals surface area contributed by atoms with Crippen LogP contribution in [0, 0.1) is 5.92 Å². The molecular formula is C12H13F6NO2. The summed E-state index contributed by atoms with van der Waals surface area (Å²) >= 11 is 0. The first-order valence-corrected chi connectivity index (χ1v) is 6.24. The second kappa shape index (κ2) is 4.54. The van der Waals surface area contributed by atoms with Crippen LogP contribution < -0.4 is 0 Å². The molecule has 2 atom stereocenters. The quantitative estimate of drug-likeness (QED) is 0.546. The molecule has 1 aliphatic carbocycles. The van der Waals surface area contributed by atoms with Gasteiger partial charge in [0.1, 0.15) is 0 Å². The van der Waals surface area contributed by atoms with Crippen molar-refractivity contribution >= 4 is 6.09 Å². The average Bonchev–Trinajstić information content (AvgIpc) is 2.82. The van der Waals surface area contributed by atoms with Crippen molar-refractivity contribution in [3.8, 4) is 0 Å². The number of hydrogen-bond acceptors (Lipinski definition) is 2. The lowest BCUT2D eigenvalue weighted by Gasteiger charge is -2.45. The van der Waals surface area contributed by atoms with Crippen LogP contribution in [0.2, 0.25) is 0 Å². The fourth-order valence-electron chi connectivity index (χ4n) is 3.01. The molecule has 3 nitrogen and oxygen atoms in total. The van der Waals surface area contributed by atoms with Gasteiger partial charge < -0.3 is 4.74 Å². The Morgan fingerprint density at radius 2 is 1.71 bits per heavy atom. The number of alkyl halides is 6. The Kier molecular flexibility index (Phi) is 3.45. The number of fused-ring (bicyclic) bond motifs is 2. The maximum Gasteiger partial charge on any atom is 0.421 e. The Morgan fingerprint density at radius 3 is 2.14 bits per heavy atom. The minimum absolute atomic E-state index is 0.197. The lowest BCUT2D eigenvalue weighted by Crippen LogP contribution is -2.70. The summed E-state index contributed by atoms with van der Waals surface area (Å²) in [4.78, 5) is 11.6. The minimum atomic E-state index is -5.65. The maximum atomic E-state index is 13.3. The Bertz CT molecular complexity index is 453. The molecule has 120 valence electrons. The third-order valence-electron chi connectivity index (χ3n) is 3.71. The Labute approximate surface area is 116 Å². The Morgan fingerprint density at radius 1 is 1.19 bits per heavy atom. The van der Waals surface area contributed by atoms with E-state index in [2.05, 4.69) is 4.74 Å². The summed E-state index contributed by atoms with van der Waals surface area (Å²) in [5, 5.41) is 0. The number of rotatable bonds is 1. The van der Waals surface area contributed by atoms with Gasteiger partial charge in [0.15, 0.2) is 0 Å². The highest BCUT2D eigenvalue weighted by Gasteiger charge is 2.82. The van der Waals surface area contributed by atoms with Gasteiger partial charge in [-0.1, -0.05) is 12.2 Å². The summed E-state index contributed by atoms with van der Waals surface area (Å²) in [6.45, 7) is 2.70. The van der Waals surface area contributed by atoms with Crippen molar-refractivity contribution in [1.82, 2.24) is 4.90 Å². The number of amides is 1.